The van der Waals surface area contributed by atoms with Gasteiger partial charge in [-0.1, -0.05) is 42.5 Å². The smallest absolute Gasteiger partial charge is 0.314 e. The van der Waals surface area contributed by atoms with E-state index in [1.165, 1.54) is 11.1 Å². The summed E-state index contributed by atoms with van der Waals surface area (Å²) in [5.74, 6) is 0.875. The molecule has 0 heterocycles. The van der Waals surface area contributed by atoms with Crippen LogP contribution in [0.5, 0.6) is 5.75 Å². The van der Waals surface area contributed by atoms with Crippen molar-refractivity contribution in [2.45, 2.75) is 26.7 Å². The van der Waals surface area contributed by atoms with E-state index in [1.54, 1.807) is 0 Å². The quantitative estimate of drug-likeness (QED) is 0.728. The molecule has 128 valence electrons. The second-order valence-corrected chi connectivity index (χ2v) is 5.82. The van der Waals surface area contributed by atoms with Gasteiger partial charge in [0.2, 0.25) is 0 Å². The molecule has 0 aromatic heterocycles. The Kier molecular flexibility index (Phi) is 7.15. The van der Waals surface area contributed by atoms with Crippen molar-refractivity contribution in [3.05, 3.63) is 65.2 Å². The number of hydrogen-bond acceptors (Lipinski definition) is 2. The van der Waals surface area contributed by atoms with Gasteiger partial charge < -0.3 is 15.4 Å². The van der Waals surface area contributed by atoms with Crippen LogP contribution in [-0.2, 0) is 6.42 Å². The molecule has 0 bridgehead atoms. The summed E-state index contributed by atoms with van der Waals surface area (Å²) in [4.78, 5) is 11.7. The summed E-state index contributed by atoms with van der Waals surface area (Å²) in [6.45, 7) is 5.71. The molecular formula is C20H26N2O2. The molecule has 0 aliphatic heterocycles. The minimum absolute atomic E-state index is 0.146. The lowest BCUT2D eigenvalue weighted by Crippen LogP contribution is -2.38. The molecule has 2 amide bonds. The van der Waals surface area contributed by atoms with Crippen LogP contribution in [-0.4, -0.2) is 25.7 Å². The molecule has 2 aromatic carbocycles. The van der Waals surface area contributed by atoms with Crippen LogP contribution in [0.25, 0.3) is 0 Å². The largest absolute Gasteiger partial charge is 0.491 e. The number of aryl methyl sites for hydroxylation is 2. The van der Waals surface area contributed by atoms with Gasteiger partial charge in [0.25, 0.3) is 0 Å². The first-order chi connectivity index (χ1) is 11.7. The zero-order valence-electron chi connectivity index (χ0n) is 14.5. The minimum atomic E-state index is -0.146. The molecule has 0 aliphatic carbocycles. The Morgan fingerprint density at radius 2 is 1.71 bits per heavy atom. The lowest BCUT2D eigenvalue weighted by atomic mass is 10.1. The van der Waals surface area contributed by atoms with E-state index in [9.17, 15) is 4.79 Å². The molecular weight excluding hydrogens is 300 g/mol. The van der Waals surface area contributed by atoms with Gasteiger partial charge in [-0.3, -0.25) is 0 Å². The molecule has 24 heavy (non-hydrogen) atoms. The zero-order chi connectivity index (χ0) is 17.2. The van der Waals surface area contributed by atoms with Crippen LogP contribution in [0, 0.1) is 13.8 Å². The molecule has 0 radical (unpaired) electrons. The Hall–Kier alpha value is -2.49. The number of hydrogen-bond donors (Lipinski definition) is 2. The van der Waals surface area contributed by atoms with Gasteiger partial charge >= 0.3 is 6.03 Å². The third-order valence-electron chi connectivity index (χ3n) is 3.97. The maximum absolute atomic E-state index is 11.7. The van der Waals surface area contributed by atoms with Gasteiger partial charge in [-0.25, -0.2) is 4.79 Å². The van der Waals surface area contributed by atoms with Crippen molar-refractivity contribution in [1.82, 2.24) is 10.6 Å². The van der Waals surface area contributed by atoms with E-state index in [1.807, 2.05) is 37.3 Å². The van der Waals surface area contributed by atoms with Crippen molar-refractivity contribution in [2.24, 2.45) is 0 Å². The number of carbonyl (C=O) groups excluding carboxylic acids is 1. The lowest BCUT2D eigenvalue weighted by molar-refractivity contribution is 0.236. The van der Waals surface area contributed by atoms with Gasteiger partial charge in [-0.05, 0) is 49.4 Å². The third kappa shape index (κ3) is 5.95. The molecule has 0 saturated heterocycles. The Balaban J connectivity index is 1.56. The van der Waals surface area contributed by atoms with E-state index in [0.29, 0.717) is 19.7 Å². The van der Waals surface area contributed by atoms with E-state index in [4.69, 9.17) is 4.74 Å². The summed E-state index contributed by atoms with van der Waals surface area (Å²) in [5.41, 5.74) is 3.64. The average molecular weight is 326 g/mol. The number of carbonyl (C=O) groups is 1. The van der Waals surface area contributed by atoms with Crippen molar-refractivity contribution < 1.29 is 9.53 Å². The summed E-state index contributed by atoms with van der Waals surface area (Å²) in [6.07, 6.45) is 1.90. The van der Waals surface area contributed by atoms with E-state index < -0.39 is 0 Å². The number of urea groups is 1. The standard InChI is InChI=1S/C20H26N2O2/c1-16-8-6-12-19(17(16)2)24-15-14-22-20(23)21-13-7-11-18-9-4-3-5-10-18/h3-6,8-10,12H,7,11,13-15H2,1-2H3,(H2,21,22,23). The summed E-state index contributed by atoms with van der Waals surface area (Å²) in [7, 11) is 0. The van der Waals surface area contributed by atoms with Crippen molar-refractivity contribution in [3.63, 3.8) is 0 Å². The number of ether oxygens (including phenoxy) is 1. The molecule has 2 N–H and O–H groups in total. The normalized spacial score (nSPS) is 10.2. The summed E-state index contributed by atoms with van der Waals surface area (Å²) >= 11 is 0. The molecule has 0 fully saturated rings. The molecule has 0 saturated carbocycles. The minimum Gasteiger partial charge on any atom is -0.491 e. The summed E-state index contributed by atoms with van der Waals surface area (Å²) in [6, 6.07) is 16.1. The van der Waals surface area contributed by atoms with Crippen LogP contribution >= 0.6 is 0 Å². The SMILES string of the molecule is Cc1cccc(OCCNC(=O)NCCCc2ccccc2)c1C. The van der Waals surface area contributed by atoms with Gasteiger partial charge in [0.15, 0.2) is 0 Å². The first-order valence-corrected chi connectivity index (χ1v) is 8.41. The Morgan fingerprint density at radius 3 is 2.50 bits per heavy atom. The lowest BCUT2D eigenvalue weighted by Gasteiger charge is -2.12. The maximum Gasteiger partial charge on any atom is 0.314 e. The second kappa shape index (κ2) is 9.60. The fraction of sp³-hybridized carbons (Fsp3) is 0.350. The predicted octanol–water partition coefficient (Wildman–Crippen LogP) is 3.61. The van der Waals surface area contributed by atoms with E-state index in [-0.39, 0.29) is 6.03 Å². The molecule has 0 spiro atoms. The summed E-state index contributed by atoms with van der Waals surface area (Å²) in [5, 5.41) is 5.68. The average Bonchev–Trinajstić information content (AvgIpc) is 2.60. The number of benzene rings is 2. The highest BCUT2D eigenvalue weighted by Gasteiger charge is 2.02. The third-order valence-corrected chi connectivity index (χ3v) is 3.97. The highest BCUT2D eigenvalue weighted by atomic mass is 16.5. The molecule has 0 aliphatic rings. The molecule has 4 nitrogen and oxygen atoms in total. The predicted molar refractivity (Wildman–Crippen MR) is 97.6 cm³/mol. The maximum atomic E-state index is 11.7. The Labute approximate surface area is 144 Å². The van der Waals surface area contributed by atoms with Crippen molar-refractivity contribution in [3.8, 4) is 5.75 Å². The van der Waals surface area contributed by atoms with Crippen LogP contribution in [0.1, 0.15) is 23.1 Å². The van der Waals surface area contributed by atoms with Crippen LogP contribution < -0.4 is 15.4 Å². The number of rotatable bonds is 8. The number of amides is 2. The van der Waals surface area contributed by atoms with E-state index in [2.05, 4.69) is 35.8 Å². The van der Waals surface area contributed by atoms with Crippen molar-refractivity contribution >= 4 is 6.03 Å². The highest BCUT2D eigenvalue weighted by Crippen LogP contribution is 2.20. The van der Waals surface area contributed by atoms with E-state index >= 15 is 0 Å². The van der Waals surface area contributed by atoms with Gasteiger partial charge in [-0.2, -0.15) is 0 Å². The van der Waals surface area contributed by atoms with Gasteiger partial charge in [0, 0.05) is 6.54 Å². The fourth-order valence-electron chi connectivity index (χ4n) is 2.41. The summed E-state index contributed by atoms with van der Waals surface area (Å²) < 4.78 is 5.71. The topological polar surface area (TPSA) is 50.4 Å². The zero-order valence-corrected chi connectivity index (χ0v) is 14.5. The first-order valence-electron chi connectivity index (χ1n) is 8.41. The molecule has 0 unspecified atom stereocenters. The Bertz CT molecular complexity index is 641. The van der Waals surface area contributed by atoms with Crippen LogP contribution in [0.15, 0.2) is 48.5 Å². The van der Waals surface area contributed by atoms with Gasteiger partial charge in [0.05, 0.1) is 6.54 Å². The molecule has 2 rings (SSSR count). The van der Waals surface area contributed by atoms with Crippen molar-refractivity contribution in [2.75, 3.05) is 19.7 Å². The second-order valence-electron chi connectivity index (χ2n) is 5.82. The Morgan fingerprint density at radius 1 is 0.958 bits per heavy atom. The van der Waals surface area contributed by atoms with E-state index in [0.717, 1.165) is 24.2 Å². The molecule has 2 aromatic rings. The van der Waals surface area contributed by atoms with Crippen molar-refractivity contribution in [1.29, 1.82) is 0 Å². The first kappa shape index (κ1) is 17.9. The molecule has 4 heteroatoms. The fourth-order valence-corrected chi connectivity index (χ4v) is 2.41. The monoisotopic (exact) mass is 326 g/mol. The van der Waals surface area contributed by atoms with Gasteiger partial charge in [0.1, 0.15) is 12.4 Å². The highest BCUT2D eigenvalue weighted by molar-refractivity contribution is 5.73. The van der Waals surface area contributed by atoms with Crippen LogP contribution in [0.3, 0.4) is 0 Å². The van der Waals surface area contributed by atoms with Gasteiger partial charge in [-0.15, -0.1) is 0 Å². The van der Waals surface area contributed by atoms with Crippen LogP contribution in [0.4, 0.5) is 4.79 Å². The number of nitrogens with one attached hydrogen (secondary N) is 2. The van der Waals surface area contributed by atoms with Crippen LogP contribution in [0.2, 0.25) is 0 Å². The molecule has 0 atom stereocenters.